The summed E-state index contributed by atoms with van der Waals surface area (Å²) in [6, 6.07) is 15.6. The third kappa shape index (κ3) is 3.00. The molecule has 0 N–H and O–H groups in total. The summed E-state index contributed by atoms with van der Waals surface area (Å²) in [4.78, 5) is 0. The van der Waals surface area contributed by atoms with E-state index in [1.54, 1.807) is 14.2 Å². The van der Waals surface area contributed by atoms with Gasteiger partial charge in [-0.3, -0.25) is 0 Å². The van der Waals surface area contributed by atoms with Gasteiger partial charge in [0.05, 0.1) is 24.6 Å². The van der Waals surface area contributed by atoms with Gasteiger partial charge < -0.3 is 14.2 Å². The van der Waals surface area contributed by atoms with Crippen molar-refractivity contribution in [3.05, 3.63) is 64.7 Å². The van der Waals surface area contributed by atoms with Gasteiger partial charge in [-0.2, -0.15) is 0 Å². The Kier molecular flexibility index (Phi) is 4.81. The SMILES string of the molecule is COc1cc(C)c(OC)c2c(OCc3ccccc3)ccc(Cl)c12. The third-order valence-corrected chi connectivity index (χ3v) is 4.27. The summed E-state index contributed by atoms with van der Waals surface area (Å²) in [6.07, 6.45) is 0. The first kappa shape index (κ1) is 16.5. The predicted octanol–water partition coefficient (Wildman–Crippen LogP) is 5.40. The van der Waals surface area contributed by atoms with Crippen LogP contribution in [0.1, 0.15) is 11.1 Å². The monoisotopic (exact) mass is 342 g/mol. The Morgan fingerprint density at radius 1 is 0.875 bits per heavy atom. The second-order valence-electron chi connectivity index (χ2n) is 5.50. The van der Waals surface area contributed by atoms with Crippen molar-refractivity contribution in [1.29, 1.82) is 0 Å². The summed E-state index contributed by atoms with van der Waals surface area (Å²) in [6.45, 7) is 2.44. The number of ether oxygens (including phenoxy) is 3. The first-order valence-electron chi connectivity index (χ1n) is 7.66. The molecule has 24 heavy (non-hydrogen) atoms. The molecule has 0 bridgehead atoms. The van der Waals surface area contributed by atoms with Crippen LogP contribution in [0.4, 0.5) is 0 Å². The van der Waals surface area contributed by atoms with E-state index in [4.69, 9.17) is 25.8 Å². The van der Waals surface area contributed by atoms with Gasteiger partial charge in [-0.25, -0.2) is 0 Å². The van der Waals surface area contributed by atoms with E-state index in [1.165, 1.54) is 0 Å². The second-order valence-corrected chi connectivity index (χ2v) is 5.91. The molecule has 0 saturated carbocycles. The third-order valence-electron chi connectivity index (χ3n) is 3.96. The van der Waals surface area contributed by atoms with E-state index in [0.717, 1.165) is 33.4 Å². The van der Waals surface area contributed by atoms with Crippen molar-refractivity contribution < 1.29 is 14.2 Å². The molecule has 0 amide bonds. The molecular weight excluding hydrogens is 324 g/mol. The van der Waals surface area contributed by atoms with Crippen molar-refractivity contribution in [2.75, 3.05) is 14.2 Å². The van der Waals surface area contributed by atoms with Crippen molar-refractivity contribution >= 4 is 22.4 Å². The highest BCUT2D eigenvalue weighted by atomic mass is 35.5. The molecule has 0 saturated heterocycles. The average Bonchev–Trinajstić information content (AvgIpc) is 2.61. The van der Waals surface area contributed by atoms with Gasteiger partial charge in [0.1, 0.15) is 23.9 Å². The molecule has 0 spiro atoms. The molecule has 0 radical (unpaired) electrons. The fourth-order valence-electron chi connectivity index (χ4n) is 2.84. The first-order valence-corrected chi connectivity index (χ1v) is 8.04. The van der Waals surface area contributed by atoms with Gasteiger partial charge in [0.2, 0.25) is 0 Å². The number of aryl methyl sites for hydroxylation is 1. The molecule has 0 aliphatic carbocycles. The van der Waals surface area contributed by atoms with E-state index < -0.39 is 0 Å². The molecule has 0 unspecified atom stereocenters. The number of hydrogen-bond acceptors (Lipinski definition) is 3. The molecule has 0 heterocycles. The van der Waals surface area contributed by atoms with Crippen LogP contribution in [0, 0.1) is 6.92 Å². The molecule has 3 rings (SSSR count). The Balaban J connectivity index is 2.14. The van der Waals surface area contributed by atoms with Crippen LogP contribution in [-0.4, -0.2) is 14.2 Å². The van der Waals surface area contributed by atoms with Crippen molar-refractivity contribution in [1.82, 2.24) is 0 Å². The van der Waals surface area contributed by atoms with Gasteiger partial charge in [-0.1, -0.05) is 41.9 Å². The lowest BCUT2D eigenvalue weighted by Crippen LogP contribution is -1.99. The molecule has 0 aliphatic rings. The molecule has 0 atom stereocenters. The van der Waals surface area contributed by atoms with Crippen LogP contribution in [0.2, 0.25) is 5.02 Å². The zero-order valence-electron chi connectivity index (χ0n) is 13.9. The number of hydrogen-bond donors (Lipinski definition) is 0. The number of benzene rings is 3. The Morgan fingerprint density at radius 2 is 1.62 bits per heavy atom. The van der Waals surface area contributed by atoms with Crippen molar-refractivity contribution in [3.8, 4) is 17.2 Å². The van der Waals surface area contributed by atoms with Crippen LogP contribution in [-0.2, 0) is 6.61 Å². The standard InChI is InChI=1S/C20H19ClO3/c1-13-11-17(22-2)18-15(21)9-10-16(19(18)20(13)23-3)24-12-14-7-5-4-6-8-14/h4-11H,12H2,1-3H3. The van der Waals surface area contributed by atoms with Crippen molar-refractivity contribution in [3.63, 3.8) is 0 Å². The summed E-state index contributed by atoms with van der Waals surface area (Å²) < 4.78 is 17.2. The Morgan fingerprint density at radius 3 is 2.29 bits per heavy atom. The maximum Gasteiger partial charge on any atom is 0.133 e. The maximum absolute atomic E-state index is 6.42. The zero-order chi connectivity index (χ0) is 17.1. The number of rotatable bonds is 5. The quantitative estimate of drug-likeness (QED) is 0.621. The summed E-state index contributed by atoms with van der Waals surface area (Å²) >= 11 is 6.42. The minimum Gasteiger partial charge on any atom is -0.496 e. The average molecular weight is 343 g/mol. The van der Waals surface area contributed by atoms with Crippen LogP contribution in [0.3, 0.4) is 0 Å². The summed E-state index contributed by atoms with van der Waals surface area (Å²) in [5, 5.41) is 2.23. The molecule has 124 valence electrons. The minimum absolute atomic E-state index is 0.469. The van der Waals surface area contributed by atoms with Gasteiger partial charge in [0.25, 0.3) is 0 Å². The molecule has 3 nitrogen and oxygen atoms in total. The van der Waals surface area contributed by atoms with Crippen LogP contribution in [0.25, 0.3) is 10.8 Å². The van der Waals surface area contributed by atoms with Crippen molar-refractivity contribution in [2.24, 2.45) is 0 Å². The van der Waals surface area contributed by atoms with E-state index in [2.05, 4.69) is 0 Å². The summed E-state index contributed by atoms with van der Waals surface area (Å²) in [5.41, 5.74) is 2.06. The van der Waals surface area contributed by atoms with Crippen LogP contribution in [0.15, 0.2) is 48.5 Å². The first-order chi connectivity index (χ1) is 11.7. The highest BCUT2D eigenvalue weighted by molar-refractivity contribution is 6.36. The molecule has 3 aromatic carbocycles. The van der Waals surface area contributed by atoms with Crippen LogP contribution < -0.4 is 14.2 Å². The van der Waals surface area contributed by atoms with Crippen molar-refractivity contribution in [2.45, 2.75) is 13.5 Å². The highest BCUT2D eigenvalue weighted by Gasteiger charge is 2.18. The van der Waals surface area contributed by atoms with Gasteiger partial charge in [0.15, 0.2) is 0 Å². The molecule has 4 heteroatoms. The van der Waals surface area contributed by atoms with E-state index in [9.17, 15) is 0 Å². The van der Waals surface area contributed by atoms with Gasteiger partial charge in [0, 0.05) is 5.39 Å². The normalized spacial score (nSPS) is 10.7. The van der Waals surface area contributed by atoms with E-state index in [0.29, 0.717) is 17.4 Å². The number of halogens is 1. The Labute approximate surface area is 146 Å². The van der Waals surface area contributed by atoms with Crippen LogP contribution >= 0.6 is 11.6 Å². The molecule has 0 aromatic heterocycles. The number of methoxy groups -OCH3 is 2. The minimum atomic E-state index is 0.469. The fourth-order valence-corrected chi connectivity index (χ4v) is 3.09. The van der Waals surface area contributed by atoms with Crippen LogP contribution in [0.5, 0.6) is 17.2 Å². The van der Waals surface area contributed by atoms with Gasteiger partial charge >= 0.3 is 0 Å². The van der Waals surface area contributed by atoms with Gasteiger partial charge in [-0.05, 0) is 36.2 Å². The van der Waals surface area contributed by atoms with E-state index in [-0.39, 0.29) is 0 Å². The lowest BCUT2D eigenvalue weighted by Gasteiger charge is -2.17. The topological polar surface area (TPSA) is 27.7 Å². The lowest BCUT2D eigenvalue weighted by atomic mass is 10.0. The van der Waals surface area contributed by atoms with Gasteiger partial charge in [-0.15, -0.1) is 0 Å². The Hall–Kier alpha value is -2.39. The maximum atomic E-state index is 6.42. The molecule has 0 aliphatic heterocycles. The summed E-state index contributed by atoms with van der Waals surface area (Å²) in [7, 11) is 3.28. The second kappa shape index (κ2) is 7.02. The van der Waals surface area contributed by atoms with E-state index in [1.807, 2.05) is 55.5 Å². The largest absolute Gasteiger partial charge is 0.496 e. The predicted molar refractivity (Wildman–Crippen MR) is 97.6 cm³/mol. The smallest absolute Gasteiger partial charge is 0.133 e. The molecular formula is C20H19ClO3. The number of fused-ring (bicyclic) bond motifs is 1. The lowest BCUT2D eigenvalue weighted by molar-refractivity contribution is 0.308. The van der Waals surface area contributed by atoms with E-state index >= 15 is 0 Å². The summed E-state index contributed by atoms with van der Waals surface area (Å²) in [5.74, 6) is 2.17. The zero-order valence-corrected chi connectivity index (χ0v) is 14.7. The Bertz CT molecular complexity index is 860. The molecule has 0 fully saturated rings. The fraction of sp³-hybridized carbons (Fsp3) is 0.200. The highest BCUT2D eigenvalue weighted by Crippen LogP contribution is 2.45. The molecule has 3 aromatic rings.